The fourth-order valence-electron chi connectivity index (χ4n) is 3.50. The minimum absolute atomic E-state index is 0.193. The first kappa shape index (κ1) is 15.5. The highest BCUT2D eigenvalue weighted by Crippen LogP contribution is 2.21. The van der Waals surface area contributed by atoms with Crippen LogP contribution in [0.5, 0.6) is 0 Å². The van der Waals surface area contributed by atoms with Gasteiger partial charge < -0.3 is 10.1 Å². The second kappa shape index (κ2) is 7.25. The van der Waals surface area contributed by atoms with E-state index in [-0.39, 0.29) is 11.9 Å². The molecule has 0 spiro atoms. The Morgan fingerprint density at radius 1 is 1.27 bits per heavy atom. The lowest BCUT2D eigenvalue weighted by atomic mass is 10.1. The van der Waals surface area contributed by atoms with Gasteiger partial charge >= 0.3 is 0 Å². The first-order chi connectivity index (χ1) is 10.7. The normalized spacial score (nSPS) is 20.6. The highest BCUT2D eigenvalue weighted by Gasteiger charge is 2.23. The average Bonchev–Trinajstić information content (AvgIpc) is 2.95. The van der Waals surface area contributed by atoms with Crippen molar-refractivity contribution in [3.8, 4) is 0 Å². The molecule has 1 aromatic rings. The van der Waals surface area contributed by atoms with E-state index in [1.807, 2.05) is 0 Å². The number of benzene rings is 1. The summed E-state index contributed by atoms with van der Waals surface area (Å²) in [6.45, 7) is 5.82. The summed E-state index contributed by atoms with van der Waals surface area (Å²) >= 11 is 0. The van der Waals surface area contributed by atoms with Crippen molar-refractivity contribution >= 4 is 5.91 Å². The summed E-state index contributed by atoms with van der Waals surface area (Å²) in [5.41, 5.74) is 2.77. The number of carbonyl (C=O) groups is 1. The molecule has 1 saturated heterocycles. The van der Waals surface area contributed by atoms with Crippen molar-refractivity contribution in [1.29, 1.82) is 0 Å². The molecule has 1 atom stereocenters. The molecule has 1 amide bonds. The molecule has 1 aliphatic carbocycles. The Morgan fingerprint density at radius 2 is 1.91 bits per heavy atom. The first-order valence-corrected chi connectivity index (χ1v) is 8.40. The van der Waals surface area contributed by atoms with Crippen LogP contribution in [-0.2, 0) is 22.4 Å². The van der Waals surface area contributed by atoms with Gasteiger partial charge in [-0.1, -0.05) is 24.3 Å². The molecule has 1 aromatic carbocycles. The van der Waals surface area contributed by atoms with Gasteiger partial charge in [-0.05, 0) is 37.3 Å². The van der Waals surface area contributed by atoms with Crippen LogP contribution in [-0.4, -0.2) is 49.2 Å². The smallest absolute Gasteiger partial charge is 0.220 e. The van der Waals surface area contributed by atoms with Gasteiger partial charge in [-0.25, -0.2) is 0 Å². The van der Waals surface area contributed by atoms with E-state index in [0.717, 1.165) is 45.6 Å². The minimum Gasteiger partial charge on any atom is -0.379 e. The van der Waals surface area contributed by atoms with E-state index in [1.165, 1.54) is 11.1 Å². The Kier molecular flexibility index (Phi) is 5.11. The Morgan fingerprint density at radius 3 is 2.55 bits per heavy atom. The van der Waals surface area contributed by atoms with Crippen LogP contribution >= 0.6 is 0 Å². The first-order valence-electron chi connectivity index (χ1n) is 8.40. The molecule has 1 heterocycles. The third kappa shape index (κ3) is 3.87. The second-order valence-electron chi connectivity index (χ2n) is 6.48. The van der Waals surface area contributed by atoms with Gasteiger partial charge in [0.1, 0.15) is 0 Å². The fourth-order valence-corrected chi connectivity index (χ4v) is 3.50. The number of nitrogens with zero attached hydrogens (tertiary/aromatic N) is 1. The number of rotatable bonds is 5. The van der Waals surface area contributed by atoms with Crippen LogP contribution in [0.25, 0.3) is 0 Å². The predicted octanol–water partition coefficient (Wildman–Crippen LogP) is 1.77. The molecule has 4 heteroatoms. The summed E-state index contributed by atoms with van der Waals surface area (Å²) < 4.78 is 5.37. The van der Waals surface area contributed by atoms with E-state index in [0.29, 0.717) is 12.5 Å². The van der Waals surface area contributed by atoms with Gasteiger partial charge in [0, 0.05) is 31.6 Å². The Labute approximate surface area is 132 Å². The quantitative estimate of drug-likeness (QED) is 0.901. The summed E-state index contributed by atoms with van der Waals surface area (Å²) in [4.78, 5) is 14.6. The molecule has 4 nitrogen and oxygen atoms in total. The van der Waals surface area contributed by atoms with Crippen molar-refractivity contribution < 1.29 is 9.53 Å². The molecule has 0 saturated carbocycles. The Balaban J connectivity index is 1.40. The summed E-state index contributed by atoms with van der Waals surface area (Å²) in [5.74, 6) is 0.193. The molecule has 120 valence electrons. The van der Waals surface area contributed by atoms with Crippen molar-refractivity contribution in [2.75, 3.05) is 26.3 Å². The molecule has 1 fully saturated rings. The number of nitrogens with one attached hydrogen (secondary N) is 1. The van der Waals surface area contributed by atoms with Gasteiger partial charge in [0.25, 0.3) is 0 Å². The van der Waals surface area contributed by atoms with Crippen molar-refractivity contribution in [1.82, 2.24) is 10.2 Å². The highest BCUT2D eigenvalue weighted by atomic mass is 16.5. The van der Waals surface area contributed by atoms with E-state index in [1.54, 1.807) is 0 Å². The summed E-state index contributed by atoms with van der Waals surface area (Å²) in [5, 5.41) is 3.20. The molecule has 2 aliphatic rings. The molecule has 1 N–H and O–H groups in total. The van der Waals surface area contributed by atoms with Gasteiger partial charge in [-0.3, -0.25) is 9.69 Å². The van der Waals surface area contributed by atoms with Crippen molar-refractivity contribution in [3.05, 3.63) is 35.4 Å². The number of ether oxygens (including phenoxy) is 1. The van der Waals surface area contributed by atoms with Gasteiger partial charge in [0.05, 0.1) is 13.2 Å². The zero-order valence-electron chi connectivity index (χ0n) is 13.4. The maximum absolute atomic E-state index is 12.2. The van der Waals surface area contributed by atoms with E-state index >= 15 is 0 Å². The number of amides is 1. The van der Waals surface area contributed by atoms with Crippen molar-refractivity contribution in [2.45, 2.75) is 44.7 Å². The third-order valence-electron chi connectivity index (χ3n) is 4.87. The van der Waals surface area contributed by atoms with Crippen LogP contribution in [0.2, 0.25) is 0 Å². The van der Waals surface area contributed by atoms with Crippen LogP contribution in [0.3, 0.4) is 0 Å². The Bertz CT molecular complexity index is 487. The molecule has 0 bridgehead atoms. The van der Waals surface area contributed by atoms with Crippen molar-refractivity contribution in [2.24, 2.45) is 0 Å². The summed E-state index contributed by atoms with van der Waals surface area (Å²) in [6, 6.07) is 9.23. The van der Waals surface area contributed by atoms with Gasteiger partial charge in [0.15, 0.2) is 0 Å². The van der Waals surface area contributed by atoms with Crippen LogP contribution in [0.15, 0.2) is 24.3 Å². The van der Waals surface area contributed by atoms with E-state index < -0.39 is 0 Å². The molecule has 1 aliphatic heterocycles. The minimum atomic E-state index is 0.193. The third-order valence-corrected chi connectivity index (χ3v) is 4.87. The highest BCUT2D eigenvalue weighted by molar-refractivity contribution is 5.76. The van der Waals surface area contributed by atoms with E-state index in [4.69, 9.17) is 4.74 Å². The maximum atomic E-state index is 12.2. The number of hydrogen-bond acceptors (Lipinski definition) is 3. The monoisotopic (exact) mass is 302 g/mol. The molecule has 22 heavy (non-hydrogen) atoms. The fraction of sp³-hybridized carbons (Fsp3) is 0.611. The zero-order valence-corrected chi connectivity index (χ0v) is 13.4. The van der Waals surface area contributed by atoms with Crippen LogP contribution in [0.4, 0.5) is 0 Å². The number of fused-ring (bicyclic) bond motifs is 1. The summed E-state index contributed by atoms with van der Waals surface area (Å²) in [7, 11) is 0. The maximum Gasteiger partial charge on any atom is 0.220 e. The van der Waals surface area contributed by atoms with Gasteiger partial charge in [0.2, 0.25) is 5.91 Å². The van der Waals surface area contributed by atoms with Gasteiger partial charge in [-0.15, -0.1) is 0 Å². The van der Waals surface area contributed by atoms with Crippen LogP contribution in [0, 0.1) is 0 Å². The molecule has 0 radical (unpaired) electrons. The van der Waals surface area contributed by atoms with Crippen LogP contribution in [0.1, 0.15) is 30.9 Å². The molecular weight excluding hydrogens is 276 g/mol. The van der Waals surface area contributed by atoms with Gasteiger partial charge in [-0.2, -0.15) is 0 Å². The number of carbonyl (C=O) groups excluding carboxylic acids is 1. The number of hydrogen-bond donors (Lipinski definition) is 1. The molecule has 0 aromatic heterocycles. The number of morpholine rings is 1. The lowest BCUT2D eigenvalue weighted by Gasteiger charge is -2.32. The largest absolute Gasteiger partial charge is 0.379 e. The zero-order chi connectivity index (χ0) is 15.4. The average molecular weight is 302 g/mol. The standard InChI is InChI=1S/C18H26N2O2/c1-14(20-8-10-22-11-9-20)6-7-18(21)19-17-12-15-4-2-3-5-16(15)13-17/h2-5,14,17H,6-13H2,1H3,(H,19,21). The molecule has 1 unspecified atom stereocenters. The lowest BCUT2D eigenvalue weighted by molar-refractivity contribution is -0.122. The lowest BCUT2D eigenvalue weighted by Crippen LogP contribution is -2.43. The topological polar surface area (TPSA) is 41.6 Å². The van der Waals surface area contributed by atoms with E-state index in [9.17, 15) is 4.79 Å². The summed E-state index contributed by atoms with van der Waals surface area (Å²) in [6.07, 6.45) is 3.48. The van der Waals surface area contributed by atoms with Crippen LogP contribution < -0.4 is 5.32 Å². The molecule has 3 rings (SSSR count). The SMILES string of the molecule is CC(CCC(=O)NC1Cc2ccccc2C1)N1CCOCC1. The molecular formula is C18H26N2O2. The van der Waals surface area contributed by atoms with E-state index in [2.05, 4.69) is 41.4 Å². The Hall–Kier alpha value is -1.39. The van der Waals surface area contributed by atoms with Crippen molar-refractivity contribution in [3.63, 3.8) is 0 Å². The predicted molar refractivity (Wildman–Crippen MR) is 86.9 cm³/mol. The second-order valence-corrected chi connectivity index (χ2v) is 6.48.